The monoisotopic (exact) mass is 281 g/mol. The number of nitrogens with zero attached hydrogens (tertiary/aromatic N) is 1. The van der Waals surface area contributed by atoms with Gasteiger partial charge < -0.3 is 19.4 Å². The van der Waals surface area contributed by atoms with E-state index in [4.69, 9.17) is 9.47 Å². The fourth-order valence-electron chi connectivity index (χ4n) is 2.10. The van der Waals surface area contributed by atoms with Gasteiger partial charge in [0.05, 0.1) is 13.7 Å². The summed E-state index contributed by atoms with van der Waals surface area (Å²) in [5.41, 5.74) is 0.603. The minimum Gasteiger partial charge on any atom is -0.550 e. The number of ether oxygens (including phenoxy) is 2. The molecule has 1 atom stereocenters. The second kappa shape index (κ2) is 7.35. The molecule has 0 amide bonds. The number of hydrogen-bond acceptors (Lipinski definition) is 5. The Morgan fingerprint density at radius 2 is 2.05 bits per heavy atom. The molecule has 0 aliphatic carbocycles. The molecule has 21 heavy (non-hydrogen) atoms. The largest absolute Gasteiger partial charge is 1.00 e. The van der Waals surface area contributed by atoms with Gasteiger partial charge in [0.1, 0.15) is 0 Å². The summed E-state index contributed by atoms with van der Waals surface area (Å²) < 4.78 is 10.8. The maximum atomic E-state index is 11.1. The van der Waals surface area contributed by atoms with Crippen molar-refractivity contribution >= 4 is 16.7 Å². The van der Waals surface area contributed by atoms with Crippen LogP contribution in [0.25, 0.3) is 10.8 Å². The molecule has 0 aliphatic rings. The van der Waals surface area contributed by atoms with E-state index in [2.05, 4.69) is 4.98 Å². The van der Waals surface area contributed by atoms with Gasteiger partial charge in [0.25, 0.3) is 0 Å². The molecule has 1 unspecified atom stereocenters. The van der Waals surface area contributed by atoms with Gasteiger partial charge in [0.15, 0.2) is 11.5 Å². The molecule has 0 radical (unpaired) electrons. The van der Waals surface area contributed by atoms with Gasteiger partial charge in [0.2, 0.25) is 0 Å². The van der Waals surface area contributed by atoms with E-state index < -0.39 is 11.9 Å². The number of aliphatic carboxylic acids is 1. The van der Waals surface area contributed by atoms with Crippen LogP contribution in [0.5, 0.6) is 11.5 Å². The molecule has 0 saturated heterocycles. The molecule has 0 spiro atoms. The second-order valence-electron chi connectivity index (χ2n) is 4.43. The van der Waals surface area contributed by atoms with Gasteiger partial charge >= 0.3 is 18.9 Å². The number of aromatic nitrogens is 1. The summed E-state index contributed by atoms with van der Waals surface area (Å²) in [7, 11) is 1.56. The Kier molecular flexibility index (Phi) is 6.07. The Morgan fingerprint density at radius 3 is 2.62 bits per heavy atom. The first-order valence-corrected chi connectivity index (χ1v) is 6.37. The Hall–Kier alpha value is -1.70. The van der Waals surface area contributed by atoms with Crippen molar-refractivity contribution in [3.63, 3.8) is 0 Å². The first-order valence-electron chi connectivity index (χ1n) is 6.37. The van der Waals surface area contributed by atoms with Crippen molar-refractivity contribution in [2.75, 3.05) is 13.7 Å². The summed E-state index contributed by atoms with van der Waals surface area (Å²) in [5.74, 6) is -0.693. The van der Waals surface area contributed by atoms with Gasteiger partial charge in [-0.1, -0.05) is 6.92 Å². The summed E-state index contributed by atoms with van der Waals surface area (Å²) >= 11 is 0. The average molecular weight is 281 g/mol. The van der Waals surface area contributed by atoms with E-state index in [1.165, 1.54) is 0 Å². The summed E-state index contributed by atoms with van der Waals surface area (Å²) in [6.45, 7) is 3.95. The van der Waals surface area contributed by atoms with Crippen molar-refractivity contribution in [1.82, 2.24) is 4.98 Å². The Bertz CT molecular complexity index is 645. The number of fused-ring (bicyclic) bond motifs is 1. The fraction of sp³-hybridized carbons (Fsp3) is 0.333. The van der Waals surface area contributed by atoms with Crippen molar-refractivity contribution < 1.29 is 38.2 Å². The molecular formula is C15H16LiNO4. The number of carboxylic acids is 1. The average Bonchev–Trinajstić information content (AvgIpc) is 2.45. The number of carbonyl (C=O) groups is 1. The Morgan fingerprint density at radius 1 is 1.33 bits per heavy atom. The number of rotatable bonds is 5. The van der Waals surface area contributed by atoms with Crippen LogP contribution in [-0.2, 0) is 4.79 Å². The van der Waals surface area contributed by atoms with Gasteiger partial charge in [-0.2, -0.15) is 0 Å². The molecule has 1 aromatic heterocycles. The van der Waals surface area contributed by atoms with Gasteiger partial charge in [0, 0.05) is 29.7 Å². The second-order valence-corrected chi connectivity index (χ2v) is 4.43. The van der Waals surface area contributed by atoms with Gasteiger partial charge in [-0.15, -0.1) is 0 Å². The van der Waals surface area contributed by atoms with Crippen molar-refractivity contribution in [1.29, 1.82) is 0 Å². The molecule has 0 bridgehead atoms. The fourth-order valence-corrected chi connectivity index (χ4v) is 2.10. The molecule has 5 nitrogen and oxygen atoms in total. The molecule has 2 aromatic rings. The van der Waals surface area contributed by atoms with Crippen LogP contribution in [0.3, 0.4) is 0 Å². The van der Waals surface area contributed by atoms with Gasteiger partial charge in [-0.25, -0.2) is 0 Å². The van der Waals surface area contributed by atoms with Crippen LogP contribution < -0.4 is 33.4 Å². The van der Waals surface area contributed by atoms with Gasteiger partial charge in [-0.05, 0) is 30.0 Å². The molecule has 2 rings (SSSR count). The van der Waals surface area contributed by atoms with E-state index in [1.54, 1.807) is 38.6 Å². The van der Waals surface area contributed by atoms with E-state index >= 15 is 0 Å². The zero-order valence-electron chi connectivity index (χ0n) is 12.7. The van der Waals surface area contributed by atoms with Crippen molar-refractivity contribution in [2.45, 2.75) is 19.8 Å². The summed E-state index contributed by atoms with van der Waals surface area (Å²) in [4.78, 5) is 15.2. The van der Waals surface area contributed by atoms with Crippen molar-refractivity contribution in [3.8, 4) is 11.5 Å². The maximum Gasteiger partial charge on any atom is 1.00 e. The van der Waals surface area contributed by atoms with Gasteiger partial charge in [-0.3, -0.25) is 4.98 Å². The zero-order chi connectivity index (χ0) is 14.7. The Labute approximate surface area is 135 Å². The number of hydrogen-bond donors (Lipinski definition) is 0. The van der Waals surface area contributed by atoms with Crippen LogP contribution in [0.15, 0.2) is 24.5 Å². The van der Waals surface area contributed by atoms with Crippen molar-refractivity contribution in [3.05, 3.63) is 30.1 Å². The first-order chi connectivity index (χ1) is 9.58. The smallest absolute Gasteiger partial charge is 0.550 e. The maximum absolute atomic E-state index is 11.1. The molecule has 0 saturated carbocycles. The van der Waals surface area contributed by atoms with Crippen LogP contribution in [0.4, 0.5) is 0 Å². The Balaban J connectivity index is 0.00000220. The van der Waals surface area contributed by atoms with Crippen LogP contribution in [0.2, 0.25) is 0 Å². The molecule has 0 fully saturated rings. The summed E-state index contributed by atoms with van der Waals surface area (Å²) in [6, 6.07) is 3.58. The SMILES string of the molecule is CCOc1cc2c(C(C)C(=O)[O-])cncc2cc1OC.[Li+]. The van der Waals surface area contributed by atoms with Crippen LogP contribution in [-0.4, -0.2) is 24.7 Å². The third-order valence-corrected chi connectivity index (χ3v) is 3.19. The molecule has 6 heteroatoms. The normalized spacial score (nSPS) is 11.6. The molecular weight excluding hydrogens is 265 g/mol. The third-order valence-electron chi connectivity index (χ3n) is 3.19. The summed E-state index contributed by atoms with van der Waals surface area (Å²) in [6.07, 6.45) is 3.21. The minimum atomic E-state index is -1.13. The molecule has 106 valence electrons. The quantitative estimate of drug-likeness (QED) is 0.624. The van der Waals surface area contributed by atoms with E-state index in [-0.39, 0.29) is 18.9 Å². The number of carbonyl (C=O) groups excluding carboxylic acids is 1. The first kappa shape index (κ1) is 17.3. The molecule has 1 aromatic carbocycles. The van der Waals surface area contributed by atoms with Crippen molar-refractivity contribution in [2.24, 2.45) is 0 Å². The third kappa shape index (κ3) is 3.49. The number of carboxylic acid groups (broad SMARTS) is 1. The minimum absolute atomic E-state index is 0. The number of methoxy groups -OCH3 is 1. The van der Waals surface area contributed by atoms with E-state index in [0.717, 1.165) is 10.8 Å². The molecule has 1 heterocycles. The molecule has 0 N–H and O–H groups in total. The van der Waals surface area contributed by atoms with E-state index in [1.807, 2.05) is 6.92 Å². The topological polar surface area (TPSA) is 71.5 Å². The van der Waals surface area contributed by atoms with E-state index in [0.29, 0.717) is 23.7 Å². The predicted molar refractivity (Wildman–Crippen MR) is 72.9 cm³/mol. The standard InChI is InChI=1S/C15H17NO4.Li/c1-4-20-14-6-11-10(5-13(14)19-3)7-16-8-12(11)9(2)15(17)18;/h5-9H,4H2,1-3H3,(H,17,18);/q;+1/p-1. The molecule has 0 aliphatic heterocycles. The number of pyridine rings is 1. The zero-order valence-corrected chi connectivity index (χ0v) is 12.7. The number of benzene rings is 1. The van der Waals surface area contributed by atoms with Crippen LogP contribution >= 0.6 is 0 Å². The van der Waals surface area contributed by atoms with Crippen LogP contribution in [0, 0.1) is 0 Å². The van der Waals surface area contributed by atoms with E-state index in [9.17, 15) is 9.90 Å². The predicted octanol–water partition coefficient (Wildman–Crippen LogP) is -1.50. The summed E-state index contributed by atoms with van der Waals surface area (Å²) in [5, 5.41) is 12.7. The van der Waals surface area contributed by atoms with Crippen LogP contribution in [0.1, 0.15) is 25.3 Å².